The normalized spacial score (nSPS) is 16.3. The number of nitrogens with zero attached hydrogens (tertiary/aromatic N) is 3. The number of methoxy groups -OCH3 is 1. The molecule has 0 unspecified atom stereocenters. The Morgan fingerprint density at radius 1 is 1.00 bits per heavy atom. The summed E-state index contributed by atoms with van der Waals surface area (Å²) in [6.07, 6.45) is 1.62. The van der Waals surface area contributed by atoms with Crippen molar-refractivity contribution in [2.75, 3.05) is 52.3 Å². The molecule has 0 aromatic heterocycles. The minimum atomic E-state index is -0.379. The van der Waals surface area contributed by atoms with Crippen LogP contribution in [0.3, 0.4) is 0 Å². The zero-order chi connectivity index (χ0) is 21.7. The fourth-order valence-corrected chi connectivity index (χ4v) is 3.85. The molecular weight excluding hydrogens is 410 g/mol. The lowest BCUT2D eigenvalue weighted by atomic mass is 10.0. The summed E-state index contributed by atoms with van der Waals surface area (Å²) < 4.78 is 4.98. The zero-order valence-corrected chi connectivity index (χ0v) is 17.8. The first-order valence-electron chi connectivity index (χ1n) is 10.1. The molecule has 0 radical (unpaired) electrons. The van der Waals surface area contributed by atoms with Crippen LogP contribution in [0.4, 0.5) is 0 Å². The molecule has 162 valence electrons. The Hall–Kier alpha value is -2.45. The van der Waals surface area contributed by atoms with Crippen molar-refractivity contribution in [2.24, 2.45) is 0 Å². The van der Waals surface area contributed by atoms with Crippen LogP contribution >= 0.6 is 11.6 Å². The number of hydrogen-bond donors (Lipinski definition) is 0. The first kappa shape index (κ1) is 22.2. The zero-order valence-electron chi connectivity index (χ0n) is 17.1. The van der Waals surface area contributed by atoms with E-state index in [2.05, 4.69) is 0 Å². The first-order chi connectivity index (χ1) is 14.5. The van der Waals surface area contributed by atoms with Crippen LogP contribution in [0.1, 0.15) is 50.3 Å². The summed E-state index contributed by atoms with van der Waals surface area (Å²) in [5, 5.41) is 0. The van der Waals surface area contributed by atoms with Gasteiger partial charge in [-0.25, -0.2) is 0 Å². The summed E-state index contributed by atoms with van der Waals surface area (Å²) in [7, 11) is 1.57. The Bertz CT molecular complexity index is 836. The Kier molecular flexibility index (Phi) is 7.44. The second kappa shape index (κ2) is 10.0. The number of alkyl halides is 1. The number of fused-ring (bicyclic) bond motifs is 1. The lowest BCUT2D eigenvalue weighted by molar-refractivity contribution is -0.132. The van der Waals surface area contributed by atoms with E-state index in [0.717, 1.165) is 0 Å². The maximum absolute atomic E-state index is 12.9. The molecule has 1 aromatic carbocycles. The molecule has 0 atom stereocenters. The molecule has 0 spiro atoms. The highest BCUT2D eigenvalue weighted by Gasteiger charge is 2.36. The van der Waals surface area contributed by atoms with Gasteiger partial charge in [-0.15, -0.1) is 11.6 Å². The molecule has 4 amide bonds. The number of benzene rings is 1. The number of halogens is 1. The van der Waals surface area contributed by atoms with E-state index >= 15 is 0 Å². The van der Waals surface area contributed by atoms with Crippen LogP contribution in [0.5, 0.6) is 0 Å². The number of carbonyl (C=O) groups is 4. The maximum atomic E-state index is 12.9. The summed E-state index contributed by atoms with van der Waals surface area (Å²) in [6, 6.07) is 4.64. The average Bonchev–Trinajstić information content (AvgIpc) is 3.01. The number of hydrogen-bond acceptors (Lipinski definition) is 5. The second-order valence-corrected chi connectivity index (χ2v) is 7.71. The molecule has 2 heterocycles. The minimum Gasteiger partial charge on any atom is -0.385 e. The minimum absolute atomic E-state index is 0.0537. The molecule has 2 aliphatic heterocycles. The smallest absolute Gasteiger partial charge is 0.261 e. The highest BCUT2D eigenvalue weighted by molar-refractivity contribution is 6.22. The molecule has 8 nitrogen and oxygen atoms in total. The topological polar surface area (TPSA) is 87.2 Å². The molecule has 1 saturated heterocycles. The van der Waals surface area contributed by atoms with E-state index in [-0.39, 0.29) is 35.7 Å². The third kappa shape index (κ3) is 4.65. The summed E-state index contributed by atoms with van der Waals surface area (Å²) in [4.78, 5) is 54.8. The molecular formula is C21H26ClN3O5. The Balaban J connectivity index is 1.64. The van der Waals surface area contributed by atoms with Crippen molar-refractivity contribution in [1.29, 1.82) is 0 Å². The molecule has 9 heteroatoms. The van der Waals surface area contributed by atoms with Crippen molar-refractivity contribution in [2.45, 2.75) is 19.3 Å². The van der Waals surface area contributed by atoms with Gasteiger partial charge in [0.05, 0.1) is 11.1 Å². The molecule has 0 bridgehead atoms. The van der Waals surface area contributed by atoms with Crippen molar-refractivity contribution in [3.05, 3.63) is 34.9 Å². The Morgan fingerprint density at radius 2 is 1.67 bits per heavy atom. The van der Waals surface area contributed by atoms with Crippen molar-refractivity contribution in [1.82, 2.24) is 14.7 Å². The van der Waals surface area contributed by atoms with Gasteiger partial charge in [0.2, 0.25) is 5.91 Å². The van der Waals surface area contributed by atoms with Crippen LogP contribution < -0.4 is 0 Å². The van der Waals surface area contributed by atoms with E-state index in [9.17, 15) is 19.2 Å². The quantitative estimate of drug-likeness (QED) is 0.352. The van der Waals surface area contributed by atoms with Crippen molar-refractivity contribution >= 4 is 35.2 Å². The highest BCUT2D eigenvalue weighted by Crippen LogP contribution is 2.25. The summed E-state index contributed by atoms with van der Waals surface area (Å²) in [5.74, 6) is -0.417. The highest BCUT2D eigenvalue weighted by atomic mass is 35.5. The summed E-state index contributed by atoms with van der Waals surface area (Å²) >= 11 is 5.64. The maximum Gasteiger partial charge on any atom is 0.261 e. The standard InChI is InChI=1S/C21H26ClN3O5/c1-30-13-3-8-25-20(28)16-6-5-15(14-17(16)21(25)29)19(27)24-11-9-23(10-12-24)18(26)4-2-7-22/h5-6,14H,2-4,7-13H2,1H3. The summed E-state index contributed by atoms with van der Waals surface area (Å²) in [6.45, 7) is 2.54. The summed E-state index contributed by atoms with van der Waals surface area (Å²) in [5.41, 5.74) is 0.956. The van der Waals surface area contributed by atoms with E-state index in [1.165, 1.54) is 11.0 Å². The van der Waals surface area contributed by atoms with Gasteiger partial charge in [0.1, 0.15) is 0 Å². The van der Waals surface area contributed by atoms with Crippen LogP contribution in [0.15, 0.2) is 18.2 Å². The fraction of sp³-hybridized carbons (Fsp3) is 0.524. The largest absolute Gasteiger partial charge is 0.385 e. The van der Waals surface area contributed by atoms with E-state index in [1.54, 1.807) is 29.0 Å². The number of ether oxygens (including phenoxy) is 1. The van der Waals surface area contributed by atoms with Crippen LogP contribution in [-0.4, -0.2) is 90.6 Å². The third-order valence-corrected chi connectivity index (χ3v) is 5.66. The molecule has 0 saturated carbocycles. The SMILES string of the molecule is COCCCN1C(=O)c2ccc(C(=O)N3CCN(C(=O)CCCCl)CC3)cc2C1=O. The molecule has 1 fully saturated rings. The van der Waals surface area contributed by atoms with Gasteiger partial charge in [-0.2, -0.15) is 0 Å². The number of amides is 4. The first-order valence-corrected chi connectivity index (χ1v) is 10.6. The van der Waals surface area contributed by atoms with Gasteiger partial charge >= 0.3 is 0 Å². The van der Waals surface area contributed by atoms with E-state index in [4.69, 9.17) is 16.3 Å². The predicted molar refractivity (Wildman–Crippen MR) is 111 cm³/mol. The van der Waals surface area contributed by atoms with Gasteiger partial charge in [0.25, 0.3) is 17.7 Å². The number of carbonyl (C=O) groups excluding carboxylic acids is 4. The molecule has 0 N–H and O–H groups in total. The molecule has 3 rings (SSSR count). The van der Waals surface area contributed by atoms with E-state index < -0.39 is 0 Å². The van der Waals surface area contributed by atoms with Crippen molar-refractivity contribution in [3.63, 3.8) is 0 Å². The van der Waals surface area contributed by atoms with Gasteiger partial charge in [-0.1, -0.05) is 0 Å². The van der Waals surface area contributed by atoms with Gasteiger partial charge in [-0.3, -0.25) is 24.1 Å². The second-order valence-electron chi connectivity index (χ2n) is 7.33. The Morgan fingerprint density at radius 3 is 2.33 bits per heavy atom. The third-order valence-electron chi connectivity index (χ3n) is 5.39. The Labute approximate surface area is 180 Å². The van der Waals surface area contributed by atoms with Crippen LogP contribution in [0.2, 0.25) is 0 Å². The molecule has 1 aromatic rings. The number of rotatable bonds is 8. The number of piperazine rings is 1. The lowest BCUT2D eigenvalue weighted by Crippen LogP contribution is -2.50. The van der Waals surface area contributed by atoms with Gasteiger partial charge < -0.3 is 14.5 Å². The lowest BCUT2D eigenvalue weighted by Gasteiger charge is -2.35. The van der Waals surface area contributed by atoms with E-state index in [0.29, 0.717) is 69.1 Å². The van der Waals surface area contributed by atoms with Gasteiger partial charge in [0, 0.05) is 64.3 Å². The van der Waals surface area contributed by atoms with Crippen LogP contribution in [-0.2, 0) is 9.53 Å². The molecule has 2 aliphatic rings. The predicted octanol–water partition coefficient (Wildman–Crippen LogP) is 1.62. The monoisotopic (exact) mass is 435 g/mol. The van der Waals surface area contributed by atoms with Crippen molar-refractivity contribution < 1.29 is 23.9 Å². The van der Waals surface area contributed by atoms with Crippen LogP contribution in [0.25, 0.3) is 0 Å². The van der Waals surface area contributed by atoms with Crippen molar-refractivity contribution in [3.8, 4) is 0 Å². The van der Waals surface area contributed by atoms with Gasteiger partial charge in [-0.05, 0) is 31.0 Å². The van der Waals surface area contributed by atoms with Crippen LogP contribution in [0, 0.1) is 0 Å². The molecule has 0 aliphatic carbocycles. The van der Waals surface area contributed by atoms with E-state index in [1.807, 2.05) is 0 Å². The average molecular weight is 436 g/mol. The fourth-order valence-electron chi connectivity index (χ4n) is 3.71. The number of imide groups is 1. The van der Waals surface area contributed by atoms with Gasteiger partial charge in [0.15, 0.2) is 0 Å². The molecule has 30 heavy (non-hydrogen) atoms.